The fraction of sp³-hybridized carbons (Fsp3) is 0.176. The Bertz CT molecular complexity index is 681. The number of nitro benzene ring substituents is 1. The first-order valence-corrected chi connectivity index (χ1v) is 6.81. The van der Waals surface area contributed by atoms with Crippen molar-refractivity contribution < 1.29 is 14.4 Å². The second-order valence-electron chi connectivity index (χ2n) is 4.59. The van der Waals surface area contributed by atoms with Crippen LogP contribution < -0.4 is 9.47 Å². The molecule has 0 aliphatic rings. The molecule has 0 aliphatic heterocycles. The van der Waals surface area contributed by atoms with Crippen molar-refractivity contribution in [2.24, 2.45) is 0 Å². The number of rotatable bonds is 6. The molecule has 0 unspecified atom stereocenters. The Morgan fingerprint density at radius 1 is 1.18 bits per heavy atom. The number of hydrogen-bond acceptors (Lipinski definition) is 4. The van der Waals surface area contributed by atoms with Crippen molar-refractivity contribution in [1.29, 1.82) is 0 Å². The molecule has 0 heterocycles. The van der Waals surface area contributed by atoms with E-state index in [1.807, 2.05) is 30.3 Å². The second-order valence-corrected chi connectivity index (χ2v) is 4.59. The zero-order chi connectivity index (χ0) is 15.9. The van der Waals surface area contributed by atoms with Gasteiger partial charge >= 0.3 is 0 Å². The van der Waals surface area contributed by atoms with E-state index in [-0.39, 0.29) is 5.69 Å². The van der Waals surface area contributed by atoms with Crippen LogP contribution in [-0.4, -0.2) is 12.0 Å². The topological polar surface area (TPSA) is 61.6 Å². The molecule has 0 amide bonds. The molecule has 0 fully saturated rings. The Kier molecular flexibility index (Phi) is 5.14. The summed E-state index contributed by atoms with van der Waals surface area (Å²) in [6.07, 6.45) is 3.42. The lowest BCUT2D eigenvalue weighted by Crippen LogP contribution is -2.00. The lowest BCUT2D eigenvalue weighted by atomic mass is 10.1. The van der Waals surface area contributed by atoms with Crippen LogP contribution >= 0.6 is 0 Å². The van der Waals surface area contributed by atoms with Gasteiger partial charge in [0.25, 0.3) is 5.69 Å². The molecule has 2 aromatic rings. The summed E-state index contributed by atoms with van der Waals surface area (Å²) in [5, 5.41) is 11.1. The number of ether oxygens (including phenoxy) is 2. The van der Waals surface area contributed by atoms with E-state index in [4.69, 9.17) is 9.47 Å². The van der Waals surface area contributed by atoms with Crippen LogP contribution in [0.1, 0.15) is 18.1 Å². The third-order valence-corrected chi connectivity index (χ3v) is 3.09. The van der Waals surface area contributed by atoms with Crippen molar-refractivity contribution in [3.05, 3.63) is 69.8 Å². The van der Waals surface area contributed by atoms with Crippen LogP contribution in [0.4, 0.5) is 5.69 Å². The predicted molar refractivity (Wildman–Crippen MR) is 85.1 cm³/mol. The highest BCUT2D eigenvalue weighted by atomic mass is 16.6. The van der Waals surface area contributed by atoms with Gasteiger partial charge in [-0.3, -0.25) is 10.1 Å². The fourth-order valence-electron chi connectivity index (χ4n) is 2.04. The first-order chi connectivity index (χ1) is 10.7. The number of benzene rings is 2. The van der Waals surface area contributed by atoms with Gasteiger partial charge < -0.3 is 9.47 Å². The molecule has 0 N–H and O–H groups in total. The standard InChI is InChI=1S/C17H17NO4/c1-3-7-14-10-17(16(21-2)11-15(14)18(19)20)22-12-13-8-5-4-6-9-13/h3-11H,12H2,1-2H3/b7-3+. The van der Waals surface area contributed by atoms with E-state index in [1.165, 1.54) is 13.2 Å². The molecule has 22 heavy (non-hydrogen) atoms. The quantitative estimate of drug-likeness (QED) is 0.592. The largest absolute Gasteiger partial charge is 0.493 e. The molecular formula is C17H17NO4. The van der Waals surface area contributed by atoms with E-state index >= 15 is 0 Å². The minimum absolute atomic E-state index is 0.0120. The van der Waals surface area contributed by atoms with Crippen molar-refractivity contribution in [3.63, 3.8) is 0 Å². The molecule has 0 aromatic heterocycles. The normalized spacial score (nSPS) is 10.6. The van der Waals surface area contributed by atoms with Gasteiger partial charge in [0, 0.05) is 0 Å². The molecule has 0 saturated heterocycles. The van der Waals surface area contributed by atoms with Gasteiger partial charge in [0.2, 0.25) is 0 Å². The highest BCUT2D eigenvalue weighted by molar-refractivity contribution is 5.66. The van der Waals surface area contributed by atoms with Crippen LogP contribution in [0.3, 0.4) is 0 Å². The van der Waals surface area contributed by atoms with E-state index in [2.05, 4.69) is 0 Å². The molecule has 5 nitrogen and oxygen atoms in total. The van der Waals surface area contributed by atoms with Crippen LogP contribution in [0.15, 0.2) is 48.5 Å². The van der Waals surface area contributed by atoms with Crippen molar-refractivity contribution in [3.8, 4) is 11.5 Å². The van der Waals surface area contributed by atoms with Crippen LogP contribution in [0.2, 0.25) is 0 Å². The highest BCUT2D eigenvalue weighted by Crippen LogP contribution is 2.35. The minimum Gasteiger partial charge on any atom is -0.493 e. The fourth-order valence-corrected chi connectivity index (χ4v) is 2.04. The lowest BCUT2D eigenvalue weighted by Gasteiger charge is -2.12. The van der Waals surface area contributed by atoms with Crippen molar-refractivity contribution in [2.45, 2.75) is 13.5 Å². The molecule has 0 aliphatic carbocycles. The van der Waals surface area contributed by atoms with Gasteiger partial charge in [-0.2, -0.15) is 0 Å². The summed E-state index contributed by atoms with van der Waals surface area (Å²) in [4.78, 5) is 10.7. The molecule has 0 radical (unpaired) electrons. The maximum absolute atomic E-state index is 11.1. The Hall–Kier alpha value is -2.82. The molecule has 0 bridgehead atoms. The summed E-state index contributed by atoms with van der Waals surface area (Å²) in [5.74, 6) is 0.820. The first-order valence-electron chi connectivity index (χ1n) is 6.81. The third kappa shape index (κ3) is 3.63. The average molecular weight is 299 g/mol. The van der Waals surface area contributed by atoms with Gasteiger partial charge in [-0.25, -0.2) is 0 Å². The molecule has 0 saturated carbocycles. The summed E-state index contributed by atoms with van der Waals surface area (Å²) in [7, 11) is 1.46. The van der Waals surface area contributed by atoms with E-state index in [0.29, 0.717) is 23.7 Å². The second kappa shape index (κ2) is 7.26. The molecule has 2 aromatic carbocycles. The van der Waals surface area contributed by atoms with Gasteiger partial charge in [0.1, 0.15) is 6.61 Å². The van der Waals surface area contributed by atoms with Gasteiger partial charge in [-0.1, -0.05) is 42.5 Å². The molecule has 2 rings (SSSR count). The number of methoxy groups -OCH3 is 1. The van der Waals surface area contributed by atoms with E-state index in [9.17, 15) is 10.1 Å². The summed E-state index contributed by atoms with van der Waals surface area (Å²) < 4.78 is 11.0. The summed E-state index contributed by atoms with van der Waals surface area (Å²) >= 11 is 0. The summed E-state index contributed by atoms with van der Waals surface area (Å²) in [5.41, 5.74) is 1.48. The lowest BCUT2D eigenvalue weighted by molar-refractivity contribution is -0.385. The zero-order valence-electron chi connectivity index (χ0n) is 12.5. The molecule has 5 heteroatoms. The molecule has 114 valence electrons. The van der Waals surface area contributed by atoms with Crippen molar-refractivity contribution >= 4 is 11.8 Å². The summed E-state index contributed by atoms with van der Waals surface area (Å²) in [6.45, 7) is 2.17. The molecular weight excluding hydrogens is 282 g/mol. The zero-order valence-corrected chi connectivity index (χ0v) is 12.5. The Morgan fingerprint density at radius 2 is 1.91 bits per heavy atom. The van der Waals surface area contributed by atoms with E-state index in [1.54, 1.807) is 25.1 Å². The first kappa shape index (κ1) is 15.6. The van der Waals surface area contributed by atoms with Gasteiger partial charge in [0.05, 0.1) is 23.7 Å². The summed E-state index contributed by atoms with van der Waals surface area (Å²) in [6, 6.07) is 12.7. The number of nitrogens with zero attached hydrogens (tertiary/aromatic N) is 1. The predicted octanol–water partition coefficient (Wildman–Crippen LogP) is 4.22. The average Bonchev–Trinajstić information content (AvgIpc) is 2.54. The third-order valence-electron chi connectivity index (χ3n) is 3.09. The SMILES string of the molecule is C/C=C/c1cc(OCc2ccccc2)c(OC)cc1[N+](=O)[O-]. The van der Waals surface area contributed by atoms with Crippen molar-refractivity contribution in [1.82, 2.24) is 0 Å². The Morgan fingerprint density at radius 3 is 2.50 bits per heavy atom. The number of allylic oxidation sites excluding steroid dienone is 1. The van der Waals surface area contributed by atoms with Crippen molar-refractivity contribution in [2.75, 3.05) is 7.11 Å². The van der Waals surface area contributed by atoms with Gasteiger partial charge in [0.15, 0.2) is 11.5 Å². The van der Waals surface area contributed by atoms with Gasteiger partial charge in [-0.15, -0.1) is 0 Å². The highest BCUT2D eigenvalue weighted by Gasteiger charge is 2.18. The smallest absolute Gasteiger partial charge is 0.280 e. The monoisotopic (exact) mass is 299 g/mol. The minimum atomic E-state index is -0.432. The van der Waals surface area contributed by atoms with Crippen LogP contribution in [0, 0.1) is 10.1 Å². The maximum Gasteiger partial charge on any atom is 0.280 e. The number of nitro groups is 1. The Balaban J connectivity index is 2.33. The number of hydrogen-bond donors (Lipinski definition) is 0. The molecule has 0 spiro atoms. The van der Waals surface area contributed by atoms with Crippen LogP contribution in [-0.2, 0) is 6.61 Å². The van der Waals surface area contributed by atoms with Gasteiger partial charge in [-0.05, 0) is 18.6 Å². The van der Waals surface area contributed by atoms with Crippen LogP contribution in [0.5, 0.6) is 11.5 Å². The Labute approximate surface area is 129 Å². The van der Waals surface area contributed by atoms with E-state index in [0.717, 1.165) is 5.56 Å². The van der Waals surface area contributed by atoms with Crippen LogP contribution in [0.25, 0.3) is 6.08 Å². The maximum atomic E-state index is 11.1. The molecule has 0 atom stereocenters. The van der Waals surface area contributed by atoms with E-state index < -0.39 is 4.92 Å².